The fourth-order valence-electron chi connectivity index (χ4n) is 4.00. The van der Waals surface area contributed by atoms with Crippen LogP contribution in [0.1, 0.15) is 48.0 Å². The Kier molecular flexibility index (Phi) is 6.42. The third-order valence-electron chi connectivity index (χ3n) is 5.43. The monoisotopic (exact) mass is 433 g/mol. The lowest BCUT2D eigenvalue weighted by Gasteiger charge is -2.25. The van der Waals surface area contributed by atoms with Crippen molar-refractivity contribution in [2.24, 2.45) is 0 Å². The van der Waals surface area contributed by atoms with Crippen molar-refractivity contribution in [3.05, 3.63) is 88.3 Å². The number of fused-ring (bicyclic) bond motifs is 2. The lowest BCUT2D eigenvalue weighted by Crippen LogP contribution is -2.31. The number of rotatable bonds is 9. The van der Waals surface area contributed by atoms with E-state index < -0.39 is 6.04 Å². The zero-order chi connectivity index (χ0) is 22.7. The van der Waals surface area contributed by atoms with Crippen LogP contribution in [0.3, 0.4) is 0 Å². The van der Waals surface area contributed by atoms with Crippen LogP contribution in [-0.4, -0.2) is 36.7 Å². The van der Waals surface area contributed by atoms with E-state index in [-0.39, 0.29) is 23.2 Å². The van der Waals surface area contributed by atoms with E-state index in [9.17, 15) is 9.59 Å². The van der Waals surface area contributed by atoms with Gasteiger partial charge in [-0.25, -0.2) is 0 Å². The second-order valence-electron chi connectivity index (χ2n) is 8.01. The molecule has 0 spiro atoms. The van der Waals surface area contributed by atoms with Gasteiger partial charge in [-0.15, -0.1) is 0 Å². The fourth-order valence-corrected chi connectivity index (χ4v) is 4.00. The molecule has 3 aromatic rings. The Morgan fingerprint density at radius 1 is 1.12 bits per heavy atom. The van der Waals surface area contributed by atoms with Crippen LogP contribution >= 0.6 is 0 Å². The van der Waals surface area contributed by atoms with Gasteiger partial charge >= 0.3 is 0 Å². The number of carbonyl (C=O) groups excluding carboxylic acids is 1. The van der Waals surface area contributed by atoms with E-state index in [1.165, 1.54) is 0 Å². The maximum Gasteiger partial charge on any atom is 0.290 e. The van der Waals surface area contributed by atoms with Crippen molar-refractivity contribution in [3.8, 4) is 5.75 Å². The third-order valence-corrected chi connectivity index (χ3v) is 5.43. The number of benzene rings is 2. The van der Waals surface area contributed by atoms with Crippen LogP contribution < -0.4 is 10.2 Å². The standard InChI is InChI=1S/C26H27NO5/c1-4-15-31-19-12-10-18(11-13-19)23-22-24(28)20-8-5-6-9-21(20)32-25(22)26(29)27(23)14-7-16-30-17(2)3/h4-6,8-13,17,23H,1,7,14-16H2,2-3H3. The minimum Gasteiger partial charge on any atom is -0.490 e. The molecular weight excluding hydrogens is 406 g/mol. The zero-order valence-electron chi connectivity index (χ0n) is 18.4. The molecule has 6 nitrogen and oxygen atoms in total. The highest BCUT2D eigenvalue weighted by molar-refractivity contribution is 5.99. The summed E-state index contributed by atoms with van der Waals surface area (Å²) in [6.07, 6.45) is 2.45. The molecule has 1 aromatic heterocycles. The van der Waals surface area contributed by atoms with E-state index >= 15 is 0 Å². The van der Waals surface area contributed by atoms with Crippen LogP contribution in [0.5, 0.6) is 5.75 Å². The van der Waals surface area contributed by atoms with Gasteiger partial charge in [-0.05, 0) is 50.1 Å². The Morgan fingerprint density at radius 2 is 1.88 bits per heavy atom. The van der Waals surface area contributed by atoms with Gasteiger partial charge in [0, 0.05) is 13.2 Å². The Morgan fingerprint density at radius 3 is 2.59 bits per heavy atom. The number of nitrogens with zero attached hydrogens (tertiary/aromatic N) is 1. The molecule has 1 aliphatic heterocycles. The van der Waals surface area contributed by atoms with Crippen LogP contribution in [0.4, 0.5) is 0 Å². The number of carbonyl (C=O) groups is 1. The molecule has 6 heteroatoms. The Hall–Kier alpha value is -3.38. The van der Waals surface area contributed by atoms with Crippen molar-refractivity contribution < 1.29 is 18.7 Å². The van der Waals surface area contributed by atoms with E-state index in [4.69, 9.17) is 13.9 Å². The van der Waals surface area contributed by atoms with Crippen molar-refractivity contribution in [3.63, 3.8) is 0 Å². The molecule has 0 N–H and O–H groups in total. The minimum atomic E-state index is -0.522. The molecule has 4 rings (SSSR count). The largest absolute Gasteiger partial charge is 0.490 e. The number of ether oxygens (including phenoxy) is 2. The smallest absolute Gasteiger partial charge is 0.290 e. The van der Waals surface area contributed by atoms with Crippen molar-refractivity contribution >= 4 is 16.9 Å². The third kappa shape index (κ3) is 4.18. The molecule has 0 bridgehead atoms. The predicted molar refractivity (Wildman–Crippen MR) is 123 cm³/mol. The average molecular weight is 434 g/mol. The van der Waals surface area contributed by atoms with Gasteiger partial charge in [0.05, 0.1) is 23.1 Å². The van der Waals surface area contributed by atoms with Gasteiger partial charge in [0.2, 0.25) is 5.76 Å². The van der Waals surface area contributed by atoms with E-state index in [2.05, 4.69) is 6.58 Å². The van der Waals surface area contributed by atoms with Gasteiger partial charge in [0.1, 0.15) is 17.9 Å². The molecule has 1 amide bonds. The van der Waals surface area contributed by atoms with Crippen LogP contribution in [0.15, 0.2) is 70.4 Å². The summed E-state index contributed by atoms with van der Waals surface area (Å²) in [6.45, 7) is 8.99. The minimum absolute atomic E-state index is 0.119. The molecular formula is C26H27NO5. The molecule has 0 saturated carbocycles. The molecule has 0 saturated heterocycles. The molecule has 32 heavy (non-hydrogen) atoms. The molecule has 1 unspecified atom stereocenters. The highest BCUT2D eigenvalue weighted by Gasteiger charge is 2.42. The first-order valence-corrected chi connectivity index (χ1v) is 10.8. The van der Waals surface area contributed by atoms with Gasteiger partial charge in [0.25, 0.3) is 5.91 Å². The van der Waals surface area contributed by atoms with Crippen LogP contribution in [0.25, 0.3) is 11.0 Å². The molecule has 2 aromatic carbocycles. The summed E-state index contributed by atoms with van der Waals surface area (Å²) in [6, 6.07) is 14.0. The highest BCUT2D eigenvalue weighted by atomic mass is 16.5. The summed E-state index contributed by atoms with van der Waals surface area (Å²) in [5, 5.41) is 0.472. The topological polar surface area (TPSA) is 69.0 Å². The Balaban J connectivity index is 1.74. The Labute approximate surface area is 187 Å². The first kappa shape index (κ1) is 21.8. The van der Waals surface area contributed by atoms with Gasteiger partial charge in [-0.3, -0.25) is 9.59 Å². The first-order chi connectivity index (χ1) is 15.5. The van der Waals surface area contributed by atoms with E-state index in [1.807, 2.05) is 38.1 Å². The molecule has 1 aliphatic rings. The number of hydrogen-bond donors (Lipinski definition) is 0. The second kappa shape index (κ2) is 9.40. The maximum atomic E-state index is 13.4. The zero-order valence-corrected chi connectivity index (χ0v) is 18.4. The Bertz CT molecular complexity index is 1180. The van der Waals surface area contributed by atoms with Crippen LogP contribution in [0, 0.1) is 0 Å². The highest BCUT2D eigenvalue weighted by Crippen LogP contribution is 2.38. The van der Waals surface area contributed by atoms with E-state index in [0.717, 1.165) is 5.56 Å². The number of hydrogen-bond acceptors (Lipinski definition) is 5. The van der Waals surface area contributed by atoms with Crippen LogP contribution in [-0.2, 0) is 4.74 Å². The normalized spacial score (nSPS) is 15.4. The number of amides is 1. The van der Waals surface area contributed by atoms with Gasteiger partial charge in [-0.1, -0.05) is 36.9 Å². The van der Waals surface area contributed by atoms with Crippen LogP contribution in [0.2, 0.25) is 0 Å². The lowest BCUT2D eigenvalue weighted by molar-refractivity contribution is 0.0593. The average Bonchev–Trinajstić information content (AvgIpc) is 3.07. The van der Waals surface area contributed by atoms with Gasteiger partial charge in [-0.2, -0.15) is 0 Å². The summed E-state index contributed by atoms with van der Waals surface area (Å²) < 4.78 is 17.2. The SMILES string of the molecule is C=CCOc1ccc(C2c3c(oc4ccccc4c3=O)C(=O)N2CCCOC(C)C)cc1. The molecule has 2 heterocycles. The van der Waals surface area contributed by atoms with Crippen molar-refractivity contribution in [1.82, 2.24) is 4.90 Å². The summed E-state index contributed by atoms with van der Waals surface area (Å²) >= 11 is 0. The predicted octanol–water partition coefficient (Wildman–Crippen LogP) is 4.72. The molecule has 166 valence electrons. The van der Waals surface area contributed by atoms with E-state index in [1.54, 1.807) is 35.2 Å². The van der Waals surface area contributed by atoms with Crippen molar-refractivity contribution in [1.29, 1.82) is 0 Å². The quantitative estimate of drug-likeness (QED) is 0.361. The van der Waals surface area contributed by atoms with Crippen molar-refractivity contribution in [2.75, 3.05) is 19.8 Å². The first-order valence-electron chi connectivity index (χ1n) is 10.8. The van der Waals surface area contributed by atoms with E-state index in [0.29, 0.717) is 48.5 Å². The molecule has 0 fully saturated rings. The molecule has 0 radical (unpaired) electrons. The number of para-hydroxylation sites is 1. The van der Waals surface area contributed by atoms with Gasteiger partial charge in [0.15, 0.2) is 5.43 Å². The molecule has 1 atom stereocenters. The summed E-state index contributed by atoms with van der Waals surface area (Å²) in [7, 11) is 0. The second-order valence-corrected chi connectivity index (χ2v) is 8.01. The van der Waals surface area contributed by atoms with Crippen molar-refractivity contribution in [2.45, 2.75) is 32.4 Å². The lowest BCUT2D eigenvalue weighted by atomic mass is 9.98. The molecule has 0 aliphatic carbocycles. The fraction of sp³-hybridized carbons (Fsp3) is 0.308. The van der Waals surface area contributed by atoms with Gasteiger partial charge < -0.3 is 18.8 Å². The summed E-state index contributed by atoms with van der Waals surface area (Å²) in [4.78, 5) is 28.5. The maximum absolute atomic E-state index is 13.4. The summed E-state index contributed by atoms with van der Waals surface area (Å²) in [5.74, 6) is 0.542. The summed E-state index contributed by atoms with van der Waals surface area (Å²) in [5.41, 5.74) is 1.46.